The van der Waals surface area contributed by atoms with Crippen molar-refractivity contribution in [3.8, 4) is 0 Å². The fourth-order valence-electron chi connectivity index (χ4n) is 4.32. The average Bonchev–Trinajstić information content (AvgIpc) is 3.23. The predicted molar refractivity (Wildman–Crippen MR) is 143 cm³/mol. The molecule has 4 rings (SSSR count). The lowest BCUT2D eigenvalue weighted by Gasteiger charge is -2.25. The lowest BCUT2D eigenvalue weighted by Crippen LogP contribution is -2.45. The smallest absolute Gasteiger partial charge is 0.408 e. The molecule has 2 fully saturated rings. The predicted octanol–water partition coefficient (Wildman–Crippen LogP) is 3.73. The molecule has 192 valence electrons. The summed E-state index contributed by atoms with van der Waals surface area (Å²) in [6.45, 7) is 7.21. The largest absolute Gasteiger partial charge is 0.444 e. The van der Waals surface area contributed by atoms with E-state index in [1.54, 1.807) is 20.8 Å². The highest BCUT2D eigenvalue weighted by atomic mass is 32.2. The van der Waals surface area contributed by atoms with Gasteiger partial charge in [-0.2, -0.15) is 4.99 Å². The van der Waals surface area contributed by atoms with Gasteiger partial charge in [0.15, 0.2) is 15.0 Å². The maximum absolute atomic E-state index is 13.5. The van der Waals surface area contributed by atoms with Crippen molar-refractivity contribution < 1.29 is 22.7 Å². The van der Waals surface area contributed by atoms with Crippen molar-refractivity contribution in [3.05, 3.63) is 65.7 Å². The number of thioether (sulfide) groups is 1. The van der Waals surface area contributed by atoms with Crippen LogP contribution in [-0.4, -0.2) is 60.0 Å². The first kappa shape index (κ1) is 26.2. The Balaban J connectivity index is 1.65. The number of aryl methyl sites for hydroxylation is 1. The highest BCUT2D eigenvalue weighted by molar-refractivity contribution is 8.16. The van der Waals surface area contributed by atoms with E-state index < -0.39 is 33.5 Å². The number of amides is 2. The number of sulfone groups is 1. The molecule has 10 heteroatoms. The van der Waals surface area contributed by atoms with E-state index in [4.69, 9.17) is 4.74 Å². The SMILES string of the molecule is Cc1cccc(N2C(=NC(=O)[C@@H](Cc3ccccc3)NC(=O)OC(C)(C)C)S[C@H]3CS(=O)(=O)C[C@@H]32)c1. The van der Waals surface area contributed by atoms with Crippen molar-refractivity contribution in [1.82, 2.24) is 5.32 Å². The fraction of sp³-hybridized carbons (Fsp3) is 0.423. The Labute approximate surface area is 216 Å². The molecule has 2 aliphatic heterocycles. The van der Waals surface area contributed by atoms with Crippen LogP contribution in [-0.2, 0) is 25.8 Å². The van der Waals surface area contributed by atoms with Gasteiger partial charge in [0, 0.05) is 17.4 Å². The van der Waals surface area contributed by atoms with Crippen molar-refractivity contribution in [1.29, 1.82) is 0 Å². The monoisotopic (exact) mass is 529 g/mol. The molecule has 3 atom stereocenters. The Bertz CT molecular complexity index is 1270. The minimum Gasteiger partial charge on any atom is -0.444 e. The zero-order valence-electron chi connectivity index (χ0n) is 20.8. The van der Waals surface area contributed by atoms with Crippen LogP contribution >= 0.6 is 11.8 Å². The molecule has 1 N–H and O–H groups in total. The van der Waals surface area contributed by atoms with Gasteiger partial charge in [0.1, 0.15) is 11.6 Å². The normalized spacial score (nSPS) is 22.8. The molecule has 0 saturated carbocycles. The summed E-state index contributed by atoms with van der Waals surface area (Å²) in [5.41, 5.74) is 1.95. The number of carbonyl (C=O) groups is 2. The number of anilines is 1. The van der Waals surface area contributed by atoms with E-state index in [2.05, 4.69) is 10.3 Å². The third-order valence-electron chi connectivity index (χ3n) is 5.82. The van der Waals surface area contributed by atoms with Gasteiger partial charge in [-0.25, -0.2) is 13.2 Å². The van der Waals surface area contributed by atoms with Gasteiger partial charge >= 0.3 is 6.09 Å². The van der Waals surface area contributed by atoms with E-state index >= 15 is 0 Å². The number of nitrogens with zero attached hydrogens (tertiary/aromatic N) is 2. The Kier molecular flexibility index (Phi) is 7.47. The minimum atomic E-state index is -3.17. The number of hydrogen-bond acceptors (Lipinski definition) is 6. The average molecular weight is 530 g/mol. The number of ether oxygens (including phenoxy) is 1. The highest BCUT2D eigenvalue weighted by Gasteiger charge is 2.49. The molecule has 8 nitrogen and oxygen atoms in total. The molecular weight excluding hydrogens is 498 g/mol. The molecule has 2 aromatic rings. The Morgan fingerprint density at radius 2 is 1.86 bits per heavy atom. The summed E-state index contributed by atoms with van der Waals surface area (Å²) in [6, 6.07) is 15.8. The van der Waals surface area contributed by atoms with E-state index in [-0.39, 0.29) is 29.2 Å². The summed E-state index contributed by atoms with van der Waals surface area (Å²) in [5.74, 6) is -0.468. The molecule has 36 heavy (non-hydrogen) atoms. The first-order valence-electron chi connectivity index (χ1n) is 11.8. The topological polar surface area (TPSA) is 105 Å². The Morgan fingerprint density at radius 1 is 1.14 bits per heavy atom. The van der Waals surface area contributed by atoms with Gasteiger partial charge in [0.05, 0.1) is 17.5 Å². The van der Waals surface area contributed by atoms with Gasteiger partial charge in [-0.15, -0.1) is 0 Å². The molecule has 2 heterocycles. The van der Waals surface area contributed by atoms with Crippen LogP contribution in [0.5, 0.6) is 0 Å². The van der Waals surface area contributed by atoms with Crippen LogP contribution in [0.2, 0.25) is 0 Å². The zero-order chi connectivity index (χ0) is 26.1. The molecule has 0 radical (unpaired) electrons. The Morgan fingerprint density at radius 3 is 2.53 bits per heavy atom. The highest BCUT2D eigenvalue weighted by Crippen LogP contribution is 2.41. The Hall–Kier alpha value is -2.85. The number of carbonyl (C=O) groups excluding carboxylic acids is 2. The van der Waals surface area contributed by atoms with E-state index in [0.717, 1.165) is 16.8 Å². The number of aliphatic imine (C=N–C) groups is 1. The van der Waals surface area contributed by atoms with Crippen molar-refractivity contribution in [2.45, 2.75) is 57.1 Å². The van der Waals surface area contributed by atoms with Gasteiger partial charge in [-0.05, 0) is 51.0 Å². The summed E-state index contributed by atoms with van der Waals surface area (Å²) < 4.78 is 30.1. The summed E-state index contributed by atoms with van der Waals surface area (Å²) >= 11 is 1.31. The van der Waals surface area contributed by atoms with Gasteiger partial charge in [-0.1, -0.05) is 54.2 Å². The number of rotatable bonds is 5. The van der Waals surface area contributed by atoms with Gasteiger partial charge in [0.25, 0.3) is 5.91 Å². The zero-order valence-corrected chi connectivity index (χ0v) is 22.4. The van der Waals surface area contributed by atoms with Crippen LogP contribution in [0.1, 0.15) is 31.9 Å². The second kappa shape index (κ2) is 10.3. The molecule has 0 aliphatic carbocycles. The molecule has 0 aromatic heterocycles. The fourth-order valence-corrected chi connectivity index (χ4v) is 8.24. The number of benzene rings is 2. The number of alkyl carbamates (subject to hydrolysis) is 1. The van der Waals surface area contributed by atoms with Gasteiger partial charge in [0.2, 0.25) is 0 Å². The number of fused-ring (bicyclic) bond motifs is 1. The standard InChI is InChI=1S/C26H31N3O5S2/c1-17-9-8-12-19(13-17)29-21-15-36(32,33)16-22(21)35-24(29)28-23(30)20(14-18-10-6-5-7-11-18)27-25(31)34-26(2,3)4/h5-13,20-22H,14-16H2,1-4H3,(H,27,31)/t20-,21+,22+/m1/s1. The summed E-state index contributed by atoms with van der Waals surface area (Å²) in [4.78, 5) is 32.3. The second-order valence-electron chi connectivity index (χ2n) is 10.1. The molecule has 2 aromatic carbocycles. The molecule has 2 aliphatic rings. The molecule has 2 saturated heterocycles. The van der Waals surface area contributed by atoms with Crippen molar-refractivity contribution in [3.63, 3.8) is 0 Å². The van der Waals surface area contributed by atoms with Crippen LogP contribution in [0.3, 0.4) is 0 Å². The van der Waals surface area contributed by atoms with E-state index in [1.165, 1.54) is 11.8 Å². The lowest BCUT2D eigenvalue weighted by atomic mass is 10.1. The third-order valence-corrected chi connectivity index (χ3v) is 9.03. The van der Waals surface area contributed by atoms with Crippen LogP contribution in [0.15, 0.2) is 59.6 Å². The summed E-state index contributed by atoms with van der Waals surface area (Å²) in [5, 5.41) is 2.91. The van der Waals surface area contributed by atoms with Crippen LogP contribution in [0.4, 0.5) is 10.5 Å². The number of hydrogen-bond donors (Lipinski definition) is 1. The summed E-state index contributed by atoms with van der Waals surface area (Å²) in [7, 11) is -3.17. The molecular formula is C26H31N3O5S2. The van der Waals surface area contributed by atoms with E-state index in [1.807, 2.05) is 66.4 Å². The van der Waals surface area contributed by atoms with Crippen molar-refractivity contribution in [2.75, 3.05) is 16.4 Å². The van der Waals surface area contributed by atoms with Crippen LogP contribution < -0.4 is 10.2 Å². The van der Waals surface area contributed by atoms with Gasteiger partial charge < -0.3 is 15.0 Å². The molecule has 2 amide bonds. The maximum Gasteiger partial charge on any atom is 0.408 e. The van der Waals surface area contributed by atoms with E-state index in [9.17, 15) is 18.0 Å². The minimum absolute atomic E-state index is 0.00935. The second-order valence-corrected chi connectivity index (χ2v) is 13.5. The van der Waals surface area contributed by atoms with Crippen LogP contribution in [0.25, 0.3) is 0 Å². The quantitative estimate of drug-likeness (QED) is 0.629. The number of nitrogens with one attached hydrogen (secondary N) is 1. The first-order chi connectivity index (χ1) is 16.9. The third kappa shape index (κ3) is 6.47. The first-order valence-corrected chi connectivity index (χ1v) is 14.5. The summed E-state index contributed by atoms with van der Waals surface area (Å²) in [6.07, 6.45) is -0.457. The van der Waals surface area contributed by atoms with Gasteiger partial charge in [-0.3, -0.25) is 4.79 Å². The maximum atomic E-state index is 13.5. The van der Waals surface area contributed by atoms with E-state index in [0.29, 0.717) is 5.17 Å². The molecule has 0 unspecified atom stereocenters. The van der Waals surface area contributed by atoms with Crippen molar-refractivity contribution in [2.24, 2.45) is 4.99 Å². The van der Waals surface area contributed by atoms with Crippen molar-refractivity contribution >= 4 is 44.5 Å². The lowest BCUT2D eigenvalue weighted by molar-refractivity contribution is -0.119. The molecule has 0 bridgehead atoms. The van der Waals surface area contributed by atoms with Crippen LogP contribution in [0, 0.1) is 6.92 Å². The molecule has 0 spiro atoms. The number of amidine groups is 1.